The first kappa shape index (κ1) is 16.9. The molecule has 1 atom stereocenters. The number of aromatic nitrogens is 1. The largest absolute Gasteiger partial charge is 0.381 e. The van der Waals surface area contributed by atoms with E-state index in [0.717, 1.165) is 48.1 Å². The van der Waals surface area contributed by atoms with Crippen molar-refractivity contribution in [2.45, 2.75) is 25.8 Å². The summed E-state index contributed by atoms with van der Waals surface area (Å²) in [5.41, 5.74) is 4.07. The number of carbonyl (C=O) groups excluding carboxylic acids is 1. The summed E-state index contributed by atoms with van der Waals surface area (Å²) in [6, 6.07) is 16.1. The topological polar surface area (TPSA) is 54.1 Å². The molecule has 1 aliphatic rings. The molecule has 0 saturated carbocycles. The molecule has 0 aliphatic carbocycles. The molecule has 1 fully saturated rings. The third-order valence-corrected chi connectivity index (χ3v) is 5.33. The minimum Gasteiger partial charge on any atom is -0.381 e. The van der Waals surface area contributed by atoms with Crippen molar-refractivity contribution in [2.75, 3.05) is 13.2 Å². The maximum absolute atomic E-state index is 13.0. The second-order valence-electron chi connectivity index (χ2n) is 7.04. The number of carbonyl (C=O) groups is 1. The van der Waals surface area contributed by atoms with Gasteiger partial charge in [-0.3, -0.25) is 4.79 Å². The number of rotatable bonds is 4. The molecule has 4 rings (SSSR count). The Labute approximate surface area is 153 Å². The fourth-order valence-corrected chi connectivity index (χ4v) is 3.81. The normalized spacial score (nSPS) is 16.5. The van der Waals surface area contributed by atoms with E-state index in [1.165, 1.54) is 0 Å². The van der Waals surface area contributed by atoms with Crippen LogP contribution in [0.15, 0.2) is 54.7 Å². The lowest BCUT2D eigenvalue weighted by Crippen LogP contribution is -2.36. The summed E-state index contributed by atoms with van der Waals surface area (Å²) in [7, 11) is 0. The summed E-state index contributed by atoms with van der Waals surface area (Å²) in [5, 5.41) is 4.39. The summed E-state index contributed by atoms with van der Waals surface area (Å²) < 4.78 is 5.51. The second kappa shape index (κ2) is 7.34. The summed E-state index contributed by atoms with van der Waals surface area (Å²) in [4.78, 5) is 16.2. The molecule has 0 spiro atoms. The van der Waals surface area contributed by atoms with Crippen molar-refractivity contribution in [1.29, 1.82) is 0 Å². The molecule has 134 valence electrons. The lowest BCUT2D eigenvalue weighted by atomic mass is 9.87. The van der Waals surface area contributed by atoms with Gasteiger partial charge >= 0.3 is 0 Å². The van der Waals surface area contributed by atoms with Crippen LogP contribution in [0.2, 0.25) is 0 Å². The maximum Gasteiger partial charge on any atom is 0.251 e. The van der Waals surface area contributed by atoms with Gasteiger partial charge in [0.1, 0.15) is 0 Å². The highest BCUT2D eigenvalue weighted by atomic mass is 16.5. The molecule has 26 heavy (non-hydrogen) atoms. The molecule has 1 saturated heterocycles. The first-order chi connectivity index (χ1) is 12.7. The monoisotopic (exact) mass is 348 g/mol. The number of ether oxygens (including phenoxy) is 1. The number of hydrogen-bond donors (Lipinski definition) is 2. The van der Waals surface area contributed by atoms with Crippen molar-refractivity contribution in [1.82, 2.24) is 10.3 Å². The minimum absolute atomic E-state index is 0.00983. The molecule has 2 heterocycles. The smallest absolute Gasteiger partial charge is 0.251 e. The van der Waals surface area contributed by atoms with Gasteiger partial charge in [0.25, 0.3) is 5.91 Å². The Balaban J connectivity index is 1.61. The van der Waals surface area contributed by atoms with Gasteiger partial charge in [0.15, 0.2) is 0 Å². The predicted molar refractivity (Wildman–Crippen MR) is 103 cm³/mol. The fourth-order valence-electron chi connectivity index (χ4n) is 3.81. The Kier molecular flexibility index (Phi) is 4.76. The summed E-state index contributed by atoms with van der Waals surface area (Å²) >= 11 is 0. The molecule has 1 amide bonds. The van der Waals surface area contributed by atoms with Crippen LogP contribution in [-0.2, 0) is 4.74 Å². The van der Waals surface area contributed by atoms with E-state index in [4.69, 9.17) is 4.74 Å². The van der Waals surface area contributed by atoms with Gasteiger partial charge in [0.05, 0.1) is 6.04 Å². The van der Waals surface area contributed by atoms with Gasteiger partial charge in [-0.25, -0.2) is 0 Å². The van der Waals surface area contributed by atoms with Gasteiger partial charge < -0.3 is 15.0 Å². The number of aryl methyl sites for hydroxylation is 1. The Morgan fingerprint density at radius 3 is 2.69 bits per heavy atom. The molecular weight excluding hydrogens is 324 g/mol. The molecule has 1 unspecified atom stereocenters. The quantitative estimate of drug-likeness (QED) is 0.735. The van der Waals surface area contributed by atoms with Crippen LogP contribution in [0, 0.1) is 12.8 Å². The molecule has 0 radical (unpaired) electrons. The van der Waals surface area contributed by atoms with Crippen molar-refractivity contribution in [3.05, 3.63) is 71.4 Å². The molecule has 1 aromatic heterocycles. The molecular formula is C22H24N2O2. The van der Waals surface area contributed by atoms with E-state index in [1.54, 1.807) is 0 Å². The van der Waals surface area contributed by atoms with Crippen molar-refractivity contribution < 1.29 is 9.53 Å². The van der Waals surface area contributed by atoms with E-state index >= 15 is 0 Å². The van der Waals surface area contributed by atoms with Gasteiger partial charge in [0.2, 0.25) is 0 Å². The lowest BCUT2D eigenvalue weighted by Gasteiger charge is -2.31. The number of benzene rings is 2. The van der Waals surface area contributed by atoms with E-state index in [2.05, 4.69) is 29.4 Å². The number of aromatic amines is 1. The highest BCUT2D eigenvalue weighted by Gasteiger charge is 2.27. The average Bonchev–Trinajstić information content (AvgIpc) is 3.07. The highest BCUT2D eigenvalue weighted by molar-refractivity contribution is 5.99. The molecule has 0 bridgehead atoms. The third kappa shape index (κ3) is 3.37. The van der Waals surface area contributed by atoms with Gasteiger partial charge in [-0.05, 0) is 55.0 Å². The van der Waals surface area contributed by atoms with Crippen LogP contribution in [0.25, 0.3) is 10.9 Å². The Morgan fingerprint density at radius 2 is 1.92 bits per heavy atom. The lowest BCUT2D eigenvalue weighted by molar-refractivity contribution is 0.0514. The SMILES string of the molecule is Cc1c[nH]c2ccc(C(=O)NC(c3ccccc3)C3CCOCC3)cc12. The Bertz CT molecular complexity index is 895. The van der Waals surface area contributed by atoms with E-state index in [-0.39, 0.29) is 11.9 Å². The zero-order chi connectivity index (χ0) is 17.9. The summed E-state index contributed by atoms with van der Waals surface area (Å²) in [6.45, 7) is 3.58. The molecule has 1 aliphatic heterocycles. The molecule has 3 aromatic rings. The summed E-state index contributed by atoms with van der Waals surface area (Å²) in [5.74, 6) is 0.376. The fraction of sp³-hybridized carbons (Fsp3) is 0.318. The predicted octanol–water partition coefficient (Wildman–Crippen LogP) is 4.37. The zero-order valence-electron chi connectivity index (χ0n) is 15.0. The number of amides is 1. The van der Waals surface area contributed by atoms with Crippen LogP contribution >= 0.6 is 0 Å². The van der Waals surface area contributed by atoms with Crippen molar-refractivity contribution in [3.63, 3.8) is 0 Å². The standard InChI is InChI=1S/C22H24N2O2/c1-15-14-23-20-8-7-18(13-19(15)20)22(25)24-21(16-5-3-2-4-6-16)17-9-11-26-12-10-17/h2-8,13-14,17,21,23H,9-12H2,1H3,(H,24,25). The van der Waals surface area contributed by atoms with Crippen molar-refractivity contribution in [3.8, 4) is 0 Å². The van der Waals surface area contributed by atoms with E-state index in [0.29, 0.717) is 11.5 Å². The van der Waals surface area contributed by atoms with Crippen LogP contribution in [0.4, 0.5) is 0 Å². The third-order valence-electron chi connectivity index (χ3n) is 5.33. The minimum atomic E-state index is -0.0205. The van der Waals surface area contributed by atoms with E-state index in [9.17, 15) is 4.79 Å². The first-order valence-corrected chi connectivity index (χ1v) is 9.23. The maximum atomic E-state index is 13.0. The Morgan fingerprint density at radius 1 is 1.15 bits per heavy atom. The average molecular weight is 348 g/mol. The van der Waals surface area contributed by atoms with Crippen LogP contribution in [-0.4, -0.2) is 24.1 Å². The van der Waals surface area contributed by atoms with Gasteiger partial charge in [-0.1, -0.05) is 30.3 Å². The number of nitrogens with one attached hydrogen (secondary N) is 2. The Hall–Kier alpha value is -2.59. The van der Waals surface area contributed by atoms with Crippen molar-refractivity contribution >= 4 is 16.8 Å². The molecule has 2 aromatic carbocycles. The number of fused-ring (bicyclic) bond motifs is 1. The van der Waals surface area contributed by atoms with Gasteiger partial charge in [-0.2, -0.15) is 0 Å². The first-order valence-electron chi connectivity index (χ1n) is 9.23. The molecule has 4 heteroatoms. The van der Waals surface area contributed by atoms with Gasteiger partial charge in [0, 0.05) is 35.9 Å². The van der Waals surface area contributed by atoms with Crippen molar-refractivity contribution in [2.24, 2.45) is 5.92 Å². The highest BCUT2D eigenvalue weighted by Crippen LogP contribution is 2.30. The van der Waals surface area contributed by atoms with Crippen LogP contribution in [0.1, 0.15) is 40.4 Å². The number of H-pyrrole nitrogens is 1. The van der Waals surface area contributed by atoms with Crippen LogP contribution in [0.3, 0.4) is 0 Å². The molecule has 4 nitrogen and oxygen atoms in total. The van der Waals surface area contributed by atoms with Gasteiger partial charge in [-0.15, -0.1) is 0 Å². The van der Waals surface area contributed by atoms with Crippen LogP contribution in [0.5, 0.6) is 0 Å². The van der Waals surface area contributed by atoms with E-state index < -0.39 is 0 Å². The second-order valence-corrected chi connectivity index (χ2v) is 7.04. The zero-order valence-corrected chi connectivity index (χ0v) is 15.0. The van der Waals surface area contributed by atoms with E-state index in [1.807, 2.05) is 42.6 Å². The number of hydrogen-bond acceptors (Lipinski definition) is 2. The summed E-state index contributed by atoms with van der Waals surface area (Å²) in [6.07, 6.45) is 3.91. The van der Waals surface area contributed by atoms with Crippen LogP contribution < -0.4 is 5.32 Å². The molecule has 2 N–H and O–H groups in total.